The van der Waals surface area contributed by atoms with Crippen LogP contribution in [0.4, 0.5) is 0 Å². The molecule has 1 aliphatic heterocycles. The second kappa shape index (κ2) is 17.7. The molecule has 5 nitrogen and oxygen atoms in total. The van der Waals surface area contributed by atoms with E-state index in [9.17, 15) is 0 Å². The van der Waals surface area contributed by atoms with Crippen molar-refractivity contribution in [3.8, 4) is 22.5 Å². The van der Waals surface area contributed by atoms with Crippen molar-refractivity contribution < 1.29 is 0 Å². The van der Waals surface area contributed by atoms with Crippen LogP contribution in [0.2, 0.25) is 0 Å². The molecule has 2 aromatic heterocycles. The van der Waals surface area contributed by atoms with Crippen LogP contribution in [-0.2, 0) is 6.42 Å². The van der Waals surface area contributed by atoms with Crippen molar-refractivity contribution in [3.63, 3.8) is 0 Å². The molecule has 332 valence electrons. The monoisotopic (exact) mass is 881 g/mol. The fourth-order valence-corrected chi connectivity index (χ4v) is 11.2. The van der Waals surface area contributed by atoms with Gasteiger partial charge in [-0.2, -0.15) is 0 Å². The molecule has 7 aromatic carbocycles. The van der Waals surface area contributed by atoms with Gasteiger partial charge in [0.15, 0.2) is 0 Å². The highest BCUT2D eigenvalue weighted by Gasteiger charge is 2.33. The first-order chi connectivity index (χ1) is 33.6. The maximum Gasteiger partial charge on any atom is 0.0635 e. The van der Waals surface area contributed by atoms with E-state index in [2.05, 4.69) is 196 Å². The highest BCUT2D eigenvalue weighted by molar-refractivity contribution is 6.12. The third-order valence-electron chi connectivity index (χ3n) is 14.6. The van der Waals surface area contributed by atoms with Crippen LogP contribution < -0.4 is 5.43 Å². The number of rotatable bonds is 12. The zero-order valence-electron chi connectivity index (χ0n) is 38.6. The number of hydrazine groups is 1. The summed E-state index contributed by atoms with van der Waals surface area (Å²) in [6.45, 7) is 2.41. The molecule has 9 aromatic rings. The smallest absolute Gasteiger partial charge is 0.0635 e. The Labute approximate surface area is 399 Å². The summed E-state index contributed by atoms with van der Waals surface area (Å²) in [6.07, 6.45) is 18.7. The second-order valence-electron chi connectivity index (χ2n) is 18.8. The number of hydrogen-bond acceptors (Lipinski definition) is 3. The summed E-state index contributed by atoms with van der Waals surface area (Å²) in [6, 6.07) is 63.7. The van der Waals surface area contributed by atoms with Crippen LogP contribution in [0.5, 0.6) is 0 Å². The molecular weight excluding hydrogens is 827 g/mol. The number of nitrogens with zero attached hydrogens (tertiary/aromatic N) is 3. The van der Waals surface area contributed by atoms with Crippen molar-refractivity contribution in [1.82, 2.24) is 19.6 Å². The molecule has 2 N–H and O–H groups in total. The van der Waals surface area contributed by atoms with Crippen molar-refractivity contribution in [2.75, 3.05) is 0 Å². The fraction of sp³-hybridized carbons (Fsp3) is 0.159. The average Bonchev–Trinajstić information content (AvgIpc) is 4.05. The van der Waals surface area contributed by atoms with Gasteiger partial charge in [-0.05, 0) is 145 Å². The molecular formula is C63H55N5. The van der Waals surface area contributed by atoms with Gasteiger partial charge >= 0.3 is 0 Å². The standard InChI is InChI=1S/C63H55N5/c1-43(30-33-52-38-49-24-14-16-28-59(49)68(52)65-58(46-22-10-4-11-23-46)42-57(64)45-20-8-3-9-21-45)47-31-35-61-54(39-47)53-27-15-17-29-60(53)67(61)51-34-37-63-56(41-51)55-40-48(44-18-6-2-7-19-44)32-36-62(55)66(63)50-25-12-5-13-26-50/h2-15,18-27,31-32,34-37,39-43,52,64-65H,16-17,28-30,33,38H2,1H3/b58-42-,64-57?. The number of para-hydroxylation sites is 1. The molecule has 0 amide bonds. The highest BCUT2D eigenvalue weighted by Crippen LogP contribution is 2.42. The molecule has 0 spiro atoms. The van der Waals surface area contributed by atoms with Crippen LogP contribution in [0.15, 0.2) is 211 Å². The molecule has 0 bridgehead atoms. The van der Waals surface area contributed by atoms with Crippen molar-refractivity contribution >= 4 is 50.2 Å². The Morgan fingerprint density at radius 2 is 1.26 bits per heavy atom. The summed E-state index contributed by atoms with van der Waals surface area (Å²) >= 11 is 0. The van der Waals surface area contributed by atoms with E-state index in [1.807, 2.05) is 36.4 Å². The Morgan fingerprint density at radius 3 is 2.04 bits per heavy atom. The Balaban J connectivity index is 0.870. The first kappa shape index (κ1) is 41.5. The minimum Gasteiger partial charge on any atom is -0.313 e. The van der Waals surface area contributed by atoms with Crippen LogP contribution >= 0.6 is 0 Å². The van der Waals surface area contributed by atoms with Crippen LogP contribution in [0.25, 0.3) is 67.0 Å². The molecule has 2 unspecified atom stereocenters. The topological polar surface area (TPSA) is 49.0 Å². The van der Waals surface area contributed by atoms with E-state index in [1.54, 1.807) is 0 Å². The molecule has 68 heavy (non-hydrogen) atoms. The van der Waals surface area contributed by atoms with Crippen LogP contribution in [-0.4, -0.2) is 25.9 Å². The Morgan fingerprint density at radius 1 is 0.618 bits per heavy atom. The molecule has 12 rings (SSSR count). The van der Waals surface area contributed by atoms with Crippen LogP contribution in [0, 0.1) is 5.41 Å². The van der Waals surface area contributed by atoms with Gasteiger partial charge in [-0.15, -0.1) is 0 Å². The number of fused-ring (bicyclic) bond motifs is 6. The molecule has 0 fully saturated rings. The Bertz CT molecular complexity index is 3480. The molecule has 3 aliphatic rings. The average molecular weight is 882 g/mol. The zero-order chi connectivity index (χ0) is 45.6. The maximum absolute atomic E-state index is 9.08. The summed E-state index contributed by atoms with van der Waals surface area (Å²) in [4.78, 5) is 0. The number of aromatic nitrogens is 2. The lowest BCUT2D eigenvalue weighted by Gasteiger charge is -2.33. The van der Waals surface area contributed by atoms with E-state index in [-0.39, 0.29) is 0 Å². The minimum absolute atomic E-state index is 0.301. The van der Waals surface area contributed by atoms with Gasteiger partial charge < -0.3 is 14.5 Å². The molecule has 0 radical (unpaired) electrons. The number of nitrogens with one attached hydrogen (secondary N) is 2. The molecule has 5 heteroatoms. The van der Waals surface area contributed by atoms with Crippen molar-refractivity contribution in [3.05, 3.63) is 239 Å². The van der Waals surface area contributed by atoms with Gasteiger partial charge in [0.2, 0.25) is 0 Å². The molecule has 0 saturated heterocycles. The number of allylic oxidation sites excluding steroid dienone is 5. The lowest BCUT2D eigenvalue weighted by atomic mass is 9.91. The van der Waals surface area contributed by atoms with Crippen LogP contribution in [0.3, 0.4) is 0 Å². The summed E-state index contributed by atoms with van der Waals surface area (Å²) in [7, 11) is 0. The summed E-state index contributed by atoms with van der Waals surface area (Å²) in [5.41, 5.74) is 22.8. The van der Waals surface area contributed by atoms with E-state index in [0.29, 0.717) is 17.7 Å². The van der Waals surface area contributed by atoms with Crippen molar-refractivity contribution in [2.45, 2.75) is 63.8 Å². The van der Waals surface area contributed by atoms with Gasteiger partial charge in [0.1, 0.15) is 0 Å². The summed E-state index contributed by atoms with van der Waals surface area (Å²) in [5.74, 6) is 0.371. The second-order valence-corrected chi connectivity index (χ2v) is 18.8. The molecule has 3 heterocycles. The SMILES string of the molecule is CC(CCC1CC2=C(CCC=C2)N1N/C(=C\C(=N)c1ccccc1)c1ccccc1)c1ccc2c(c1)c1c(n2-c2ccc3c(c2)c2cc(-c4ccccc4)ccc2n3-c2ccccc2)CCC=C1. The first-order valence-electron chi connectivity index (χ1n) is 24.4. The lowest BCUT2D eigenvalue weighted by molar-refractivity contribution is 0.211. The van der Waals surface area contributed by atoms with Gasteiger partial charge in [0.25, 0.3) is 0 Å². The van der Waals surface area contributed by atoms with Crippen LogP contribution in [0.1, 0.15) is 79.3 Å². The zero-order valence-corrected chi connectivity index (χ0v) is 38.6. The normalized spacial score (nSPS) is 16.2. The Kier molecular flexibility index (Phi) is 10.8. The predicted octanol–water partition coefficient (Wildman–Crippen LogP) is 15.5. The van der Waals surface area contributed by atoms with E-state index < -0.39 is 0 Å². The third kappa shape index (κ3) is 7.58. The van der Waals surface area contributed by atoms with Gasteiger partial charge in [0.05, 0.1) is 34.0 Å². The van der Waals surface area contributed by atoms with E-state index >= 15 is 0 Å². The Hall–Kier alpha value is -7.89. The maximum atomic E-state index is 9.08. The summed E-state index contributed by atoms with van der Waals surface area (Å²) in [5, 5.41) is 15.4. The first-order valence-corrected chi connectivity index (χ1v) is 24.4. The molecule has 0 saturated carbocycles. The van der Waals surface area contributed by atoms with E-state index in [0.717, 1.165) is 61.8 Å². The van der Waals surface area contributed by atoms with E-state index in [1.165, 1.54) is 83.3 Å². The molecule has 2 aliphatic carbocycles. The molecule has 2 atom stereocenters. The quantitative estimate of drug-likeness (QED) is 0.120. The van der Waals surface area contributed by atoms with Gasteiger partial charge in [-0.3, -0.25) is 10.4 Å². The largest absolute Gasteiger partial charge is 0.313 e. The minimum atomic E-state index is 0.301. The lowest BCUT2D eigenvalue weighted by Crippen LogP contribution is -2.41. The predicted molar refractivity (Wildman–Crippen MR) is 285 cm³/mol. The van der Waals surface area contributed by atoms with Gasteiger partial charge in [-0.1, -0.05) is 153 Å². The highest BCUT2D eigenvalue weighted by atomic mass is 15.5. The third-order valence-corrected chi connectivity index (χ3v) is 14.6. The van der Waals surface area contributed by atoms with Crippen molar-refractivity contribution in [2.24, 2.45) is 0 Å². The van der Waals surface area contributed by atoms with E-state index in [4.69, 9.17) is 5.41 Å². The van der Waals surface area contributed by atoms with Gasteiger partial charge in [0, 0.05) is 44.5 Å². The summed E-state index contributed by atoms with van der Waals surface area (Å²) < 4.78 is 4.97. The number of hydrogen-bond donors (Lipinski definition) is 2. The van der Waals surface area contributed by atoms with Gasteiger partial charge in [-0.25, -0.2) is 0 Å². The van der Waals surface area contributed by atoms with Crippen molar-refractivity contribution in [1.29, 1.82) is 5.41 Å². The fourth-order valence-electron chi connectivity index (χ4n) is 11.2. The number of benzene rings is 7.